The third kappa shape index (κ3) is 4.33. The maximum atomic E-state index is 13.0. The van der Waals surface area contributed by atoms with Gasteiger partial charge in [-0.05, 0) is 55.0 Å². The van der Waals surface area contributed by atoms with Crippen molar-refractivity contribution in [2.24, 2.45) is 0 Å². The number of ether oxygens (including phenoxy) is 1. The van der Waals surface area contributed by atoms with E-state index < -0.39 is 23.8 Å². The Labute approximate surface area is 203 Å². The van der Waals surface area contributed by atoms with Gasteiger partial charge in [-0.1, -0.05) is 35.3 Å². The Balaban J connectivity index is 1.65. The fourth-order valence-electron chi connectivity index (χ4n) is 3.28. The molecule has 4 rings (SSSR count). The molecule has 0 atom stereocenters. The maximum Gasteiger partial charge on any atom is 0.339 e. The number of amides is 4. The van der Waals surface area contributed by atoms with Crippen LogP contribution in [-0.2, 0) is 14.3 Å². The van der Waals surface area contributed by atoms with E-state index in [1.165, 1.54) is 31.4 Å². The second-order valence-electron chi connectivity index (χ2n) is 7.28. The molecule has 8 nitrogen and oxygen atoms in total. The molecule has 1 aliphatic heterocycles. The predicted molar refractivity (Wildman–Crippen MR) is 126 cm³/mol. The van der Waals surface area contributed by atoms with E-state index in [-0.39, 0.29) is 27.6 Å². The first-order valence-electron chi connectivity index (χ1n) is 9.85. The van der Waals surface area contributed by atoms with E-state index in [1.54, 1.807) is 37.3 Å². The summed E-state index contributed by atoms with van der Waals surface area (Å²) in [5.41, 5.74) is 1.46. The van der Waals surface area contributed by atoms with Crippen LogP contribution in [0.1, 0.15) is 21.7 Å². The Morgan fingerprint density at radius 2 is 1.79 bits per heavy atom. The first-order chi connectivity index (χ1) is 16.2. The highest BCUT2D eigenvalue weighted by molar-refractivity contribution is 6.39. The molecular formula is C24H16Cl2N2O6. The lowest BCUT2D eigenvalue weighted by Crippen LogP contribution is -2.54. The summed E-state index contributed by atoms with van der Waals surface area (Å²) < 4.78 is 10.4. The molecule has 172 valence electrons. The number of imide groups is 2. The summed E-state index contributed by atoms with van der Waals surface area (Å²) >= 11 is 12.3. The van der Waals surface area contributed by atoms with Gasteiger partial charge in [0, 0.05) is 10.6 Å². The first kappa shape index (κ1) is 23.3. The normalized spacial score (nSPS) is 15.0. The minimum absolute atomic E-state index is 0.174. The molecule has 1 N–H and O–H groups in total. The summed E-state index contributed by atoms with van der Waals surface area (Å²) in [6.45, 7) is 1.78. The molecular weight excluding hydrogens is 483 g/mol. The van der Waals surface area contributed by atoms with Crippen molar-refractivity contribution < 1.29 is 28.3 Å². The van der Waals surface area contributed by atoms with Gasteiger partial charge in [-0.25, -0.2) is 14.5 Å². The van der Waals surface area contributed by atoms with Crippen molar-refractivity contribution in [1.29, 1.82) is 0 Å². The van der Waals surface area contributed by atoms with Crippen molar-refractivity contribution in [3.63, 3.8) is 0 Å². The van der Waals surface area contributed by atoms with Gasteiger partial charge >= 0.3 is 12.0 Å². The number of furan rings is 1. The number of halogens is 2. The fraction of sp³-hybridized carbons (Fsp3) is 0.0833. The number of nitrogens with one attached hydrogen (secondary N) is 1. The number of benzene rings is 2. The zero-order valence-electron chi connectivity index (χ0n) is 17.8. The number of anilines is 1. The van der Waals surface area contributed by atoms with Gasteiger partial charge in [-0.3, -0.25) is 14.9 Å². The zero-order valence-corrected chi connectivity index (χ0v) is 19.4. The number of rotatable bonds is 4. The van der Waals surface area contributed by atoms with Crippen LogP contribution in [0.5, 0.6) is 0 Å². The molecule has 0 aliphatic carbocycles. The van der Waals surface area contributed by atoms with Crippen molar-refractivity contribution >= 4 is 58.8 Å². The second-order valence-corrected chi connectivity index (χ2v) is 8.09. The Bertz CT molecular complexity index is 1390. The van der Waals surface area contributed by atoms with Crippen molar-refractivity contribution in [3.8, 4) is 11.3 Å². The fourth-order valence-corrected chi connectivity index (χ4v) is 3.72. The van der Waals surface area contributed by atoms with Crippen LogP contribution in [0.3, 0.4) is 0 Å². The van der Waals surface area contributed by atoms with Gasteiger partial charge in [0.15, 0.2) is 0 Å². The van der Waals surface area contributed by atoms with Gasteiger partial charge in [0.1, 0.15) is 17.1 Å². The molecule has 1 fully saturated rings. The number of barbiturate groups is 1. The van der Waals surface area contributed by atoms with Crippen molar-refractivity contribution in [2.75, 3.05) is 12.0 Å². The Morgan fingerprint density at radius 3 is 2.47 bits per heavy atom. The van der Waals surface area contributed by atoms with Gasteiger partial charge in [0.2, 0.25) is 0 Å². The number of aryl methyl sites for hydroxylation is 1. The number of methoxy groups -OCH3 is 1. The van der Waals surface area contributed by atoms with E-state index in [0.717, 1.165) is 10.5 Å². The molecule has 2 heterocycles. The average Bonchev–Trinajstić information content (AvgIpc) is 3.27. The zero-order chi connectivity index (χ0) is 24.6. The van der Waals surface area contributed by atoms with Crippen molar-refractivity contribution in [1.82, 2.24) is 5.32 Å². The van der Waals surface area contributed by atoms with Gasteiger partial charge in [-0.2, -0.15) is 0 Å². The van der Waals surface area contributed by atoms with Crippen molar-refractivity contribution in [2.45, 2.75) is 6.92 Å². The first-order valence-corrected chi connectivity index (χ1v) is 10.6. The van der Waals surface area contributed by atoms with Crippen LogP contribution in [0.2, 0.25) is 10.0 Å². The smallest absolute Gasteiger partial charge is 0.339 e. The standard InChI is InChI=1S/C24H16Cl2N2O6/c1-12-3-5-14(10-18(12)25)28-22(30)17(21(29)27-24(28)32)11-15-6-8-20(34-15)13-4-7-16(19(26)9-13)23(31)33-2/h3-11H,1-2H3,(H,27,29,32)/b17-11-. The third-order valence-corrected chi connectivity index (χ3v) is 5.81. The maximum absolute atomic E-state index is 13.0. The summed E-state index contributed by atoms with van der Waals surface area (Å²) in [6, 6.07) is 11.6. The molecule has 2 aromatic carbocycles. The lowest BCUT2D eigenvalue weighted by Gasteiger charge is -2.26. The van der Waals surface area contributed by atoms with E-state index >= 15 is 0 Å². The average molecular weight is 499 g/mol. The number of nitrogens with zero attached hydrogens (tertiary/aromatic N) is 1. The molecule has 0 unspecified atom stereocenters. The number of esters is 1. The molecule has 0 radical (unpaired) electrons. The van der Waals surface area contributed by atoms with Crippen molar-refractivity contribution in [3.05, 3.63) is 81.0 Å². The molecule has 3 aromatic rings. The largest absolute Gasteiger partial charge is 0.465 e. The van der Waals surface area contributed by atoms with Crippen LogP contribution in [-0.4, -0.2) is 30.9 Å². The molecule has 1 aliphatic rings. The van der Waals surface area contributed by atoms with Gasteiger partial charge in [-0.15, -0.1) is 0 Å². The molecule has 1 aromatic heterocycles. The Hall–Kier alpha value is -3.88. The molecule has 10 heteroatoms. The number of carbonyl (C=O) groups is 4. The minimum Gasteiger partial charge on any atom is -0.465 e. The SMILES string of the molecule is COC(=O)c1ccc(-c2ccc(/C=C3/C(=O)NC(=O)N(c4ccc(C)c(Cl)c4)C3=O)o2)cc1Cl. The highest BCUT2D eigenvalue weighted by Gasteiger charge is 2.37. The van der Waals surface area contributed by atoms with Crippen LogP contribution in [0.4, 0.5) is 10.5 Å². The molecule has 1 saturated heterocycles. The van der Waals surface area contributed by atoms with E-state index in [0.29, 0.717) is 16.3 Å². The number of carbonyl (C=O) groups excluding carboxylic acids is 4. The highest BCUT2D eigenvalue weighted by atomic mass is 35.5. The minimum atomic E-state index is -0.882. The van der Waals surface area contributed by atoms with E-state index in [4.69, 9.17) is 27.6 Å². The van der Waals surface area contributed by atoms with Gasteiger partial charge in [0.25, 0.3) is 11.8 Å². The summed E-state index contributed by atoms with van der Waals surface area (Å²) in [5.74, 6) is -1.67. The number of hydrogen-bond acceptors (Lipinski definition) is 6. The molecule has 0 spiro atoms. The lowest BCUT2D eigenvalue weighted by atomic mass is 10.1. The van der Waals surface area contributed by atoms with Gasteiger partial charge < -0.3 is 9.15 Å². The topological polar surface area (TPSA) is 106 Å². The number of urea groups is 1. The second kappa shape index (κ2) is 9.17. The van der Waals surface area contributed by atoms with E-state index in [1.807, 2.05) is 0 Å². The van der Waals surface area contributed by atoms with E-state index in [9.17, 15) is 19.2 Å². The van der Waals surface area contributed by atoms with Crippen LogP contribution >= 0.6 is 23.2 Å². The highest BCUT2D eigenvalue weighted by Crippen LogP contribution is 2.30. The molecule has 34 heavy (non-hydrogen) atoms. The predicted octanol–water partition coefficient (Wildman–Crippen LogP) is 5.01. The third-order valence-electron chi connectivity index (χ3n) is 5.09. The summed E-state index contributed by atoms with van der Waals surface area (Å²) in [6.07, 6.45) is 1.24. The molecule has 0 bridgehead atoms. The lowest BCUT2D eigenvalue weighted by molar-refractivity contribution is -0.122. The summed E-state index contributed by atoms with van der Waals surface area (Å²) in [7, 11) is 1.25. The number of hydrogen-bond donors (Lipinski definition) is 1. The van der Waals surface area contributed by atoms with Crippen LogP contribution in [0.25, 0.3) is 17.4 Å². The molecule has 0 saturated carbocycles. The Kier molecular flexibility index (Phi) is 6.28. The summed E-state index contributed by atoms with van der Waals surface area (Å²) in [4.78, 5) is 50.3. The quantitative estimate of drug-likeness (QED) is 0.307. The Morgan fingerprint density at radius 1 is 1.03 bits per heavy atom. The van der Waals surface area contributed by atoms with E-state index in [2.05, 4.69) is 10.1 Å². The summed E-state index contributed by atoms with van der Waals surface area (Å²) in [5, 5.41) is 2.69. The van der Waals surface area contributed by atoms with Crippen LogP contribution in [0, 0.1) is 6.92 Å². The monoisotopic (exact) mass is 498 g/mol. The van der Waals surface area contributed by atoms with Gasteiger partial charge in [0.05, 0.1) is 23.4 Å². The van der Waals surface area contributed by atoms with Crippen LogP contribution < -0.4 is 10.2 Å². The molecule has 4 amide bonds. The van der Waals surface area contributed by atoms with Crippen LogP contribution in [0.15, 0.2) is 58.5 Å².